The maximum atomic E-state index is 14.1. The van der Waals surface area contributed by atoms with Gasteiger partial charge in [-0.1, -0.05) is 0 Å². The lowest BCUT2D eigenvalue weighted by Crippen LogP contribution is -2.65. The van der Waals surface area contributed by atoms with Crippen LogP contribution in [0, 0.1) is 0 Å². The highest BCUT2D eigenvalue weighted by Crippen LogP contribution is 2.36. The Morgan fingerprint density at radius 2 is 0.481 bits per heavy atom. The van der Waals surface area contributed by atoms with E-state index in [1.807, 2.05) is 0 Å². The number of nitrogens with one attached hydrogen (secondary N) is 2. The summed E-state index contributed by atoms with van der Waals surface area (Å²) in [6, 6.07) is -4.89. The number of carbonyl (C=O) groups is 2. The number of carbonyl (C=O) groups excluding carboxylic acids is 2. The summed E-state index contributed by atoms with van der Waals surface area (Å²) >= 11 is 0. The predicted molar refractivity (Wildman–Crippen MR) is 330 cm³/mol. The van der Waals surface area contributed by atoms with Gasteiger partial charge >= 0.3 is 0 Å². The van der Waals surface area contributed by atoms with E-state index in [-0.39, 0.29) is 0 Å². The molecule has 1 unspecified atom stereocenters. The van der Waals surface area contributed by atoms with Gasteiger partial charge in [0.25, 0.3) is 0 Å². The monoisotopic (exact) mass is 1590 g/mol. The van der Waals surface area contributed by atoms with Gasteiger partial charge in [-0.15, -0.1) is 0 Å². The molecule has 2 amide bonds. The summed E-state index contributed by atoms with van der Waals surface area (Å²) in [5, 5.41) is 300. The van der Waals surface area contributed by atoms with E-state index in [0.717, 1.165) is 0 Å². The SMILES string of the molecule is NC(CCC(=O)NC(CO[C@@H]1O[C@H](CO)[C@@H](O[C@@H]2O[C@H](CO)[C@@H](O)[C@H](O)[C@H]2O)[C@H](O)[C@H]1O)CO[C@@H]1O[C@H](CO)[C@@H](O[C@@H]2O[C@H](CO)[C@@H](O)[C@H](O)[C@H]2O)[C@H](O)[C@H]1O)C(=O)NC(CO[C@@H]1O[C@H](CO)[C@@H](O[C@@H]2O[C@H](CO)[C@@H](O)[C@H](O)[C@H]2O)[C@H](O)[C@H]1O)CO[C@@H]1O[C@H](CO)[C@@H](O[C@@H]2O[C@H](CO)[C@@H](O)[C@H](O)[C@H]2O)[C@H](O)[C@H]1O. The Balaban J connectivity index is 0.960. The Morgan fingerprint density at radius 3 is 0.704 bits per heavy atom. The average Bonchev–Trinajstić information content (AvgIpc) is 0.798. The third-order valence-corrected chi connectivity index (χ3v) is 19.4. The van der Waals surface area contributed by atoms with Crippen LogP contribution in [-0.2, 0) is 85.4 Å². The summed E-state index contributed by atoms with van der Waals surface area (Å²) in [5.74, 6) is -2.16. The zero-order valence-electron chi connectivity index (χ0n) is 57.2. The Bertz CT molecular complexity index is 2520. The third-order valence-electron chi connectivity index (χ3n) is 19.4. The van der Waals surface area contributed by atoms with Crippen LogP contribution in [0.1, 0.15) is 12.8 Å². The van der Waals surface area contributed by atoms with Crippen LogP contribution in [0.2, 0.25) is 0 Å². The molecule has 0 aromatic heterocycles. The number of aliphatic hydroxyl groups is 28. The van der Waals surface area contributed by atoms with Gasteiger partial charge in [-0.3, -0.25) is 9.59 Å². The van der Waals surface area contributed by atoms with E-state index in [9.17, 15) is 153 Å². The fourth-order valence-electron chi connectivity index (χ4n) is 12.9. The normalized spacial score (nSPS) is 46.5. The van der Waals surface area contributed by atoms with Crippen molar-refractivity contribution in [2.75, 3.05) is 79.3 Å². The van der Waals surface area contributed by atoms with Crippen molar-refractivity contribution in [3.05, 3.63) is 0 Å². The van der Waals surface area contributed by atoms with Crippen LogP contribution < -0.4 is 16.4 Å². The molecular formula is C59H103N3O46. The van der Waals surface area contributed by atoms with E-state index in [4.69, 9.17) is 81.5 Å². The molecule has 8 aliphatic heterocycles. The molecule has 41 atom stereocenters. The molecule has 0 aliphatic carbocycles. The third kappa shape index (κ3) is 21.0. The molecule has 32 N–H and O–H groups in total. The zero-order valence-corrected chi connectivity index (χ0v) is 57.2. The fourth-order valence-corrected chi connectivity index (χ4v) is 12.9. The van der Waals surface area contributed by atoms with Gasteiger partial charge in [0.1, 0.15) is 195 Å². The van der Waals surface area contributed by atoms with Gasteiger partial charge in [0.2, 0.25) is 11.8 Å². The molecular weight excluding hydrogens is 1490 g/mol. The van der Waals surface area contributed by atoms with E-state index in [1.165, 1.54) is 0 Å². The molecule has 108 heavy (non-hydrogen) atoms. The van der Waals surface area contributed by atoms with Gasteiger partial charge in [0.05, 0.1) is 97.4 Å². The molecule has 49 nitrogen and oxygen atoms in total. The van der Waals surface area contributed by atoms with Crippen molar-refractivity contribution in [3.8, 4) is 0 Å². The van der Waals surface area contributed by atoms with Crippen molar-refractivity contribution in [1.29, 1.82) is 0 Å². The van der Waals surface area contributed by atoms with Gasteiger partial charge in [-0.25, -0.2) is 0 Å². The highest BCUT2D eigenvalue weighted by atomic mass is 16.8. The Morgan fingerprint density at radius 1 is 0.278 bits per heavy atom. The predicted octanol–water partition coefficient (Wildman–Crippen LogP) is -21.4. The van der Waals surface area contributed by atoms with Crippen molar-refractivity contribution in [3.63, 3.8) is 0 Å². The molecule has 0 saturated carbocycles. The highest BCUT2D eigenvalue weighted by molar-refractivity contribution is 5.83. The maximum Gasteiger partial charge on any atom is 0.237 e. The second-order valence-electron chi connectivity index (χ2n) is 27.0. The fraction of sp³-hybridized carbons (Fsp3) is 0.966. The Hall–Kier alpha value is -2.86. The first-order valence-corrected chi connectivity index (χ1v) is 34.4. The molecule has 49 heteroatoms. The smallest absolute Gasteiger partial charge is 0.237 e. The zero-order chi connectivity index (χ0) is 79.6. The van der Waals surface area contributed by atoms with E-state index in [0.29, 0.717) is 0 Å². The summed E-state index contributed by atoms with van der Waals surface area (Å²) in [7, 11) is 0. The van der Waals surface area contributed by atoms with Gasteiger partial charge in [0.15, 0.2) is 50.3 Å². The summed E-state index contributed by atoms with van der Waals surface area (Å²) in [5.41, 5.74) is 6.32. The van der Waals surface area contributed by atoms with Crippen LogP contribution in [-0.4, -0.2) is 498 Å². The van der Waals surface area contributed by atoms with Crippen LogP contribution in [0.15, 0.2) is 0 Å². The number of hydrogen-bond donors (Lipinski definition) is 31. The van der Waals surface area contributed by atoms with Gasteiger partial charge < -0.3 is 235 Å². The van der Waals surface area contributed by atoms with Gasteiger partial charge in [-0.2, -0.15) is 0 Å². The minimum Gasteiger partial charge on any atom is -0.394 e. The molecule has 0 aromatic carbocycles. The maximum absolute atomic E-state index is 14.1. The number of aliphatic hydroxyl groups excluding tert-OH is 28. The van der Waals surface area contributed by atoms with Crippen molar-refractivity contribution in [2.24, 2.45) is 5.73 Å². The van der Waals surface area contributed by atoms with Crippen LogP contribution in [0.3, 0.4) is 0 Å². The molecule has 8 rings (SSSR count). The molecule has 0 aromatic rings. The lowest BCUT2D eigenvalue weighted by Gasteiger charge is -2.46. The van der Waals surface area contributed by atoms with E-state index >= 15 is 0 Å². The molecule has 8 aliphatic rings. The topological polar surface area (TPSA) is 798 Å². The van der Waals surface area contributed by atoms with E-state index < -0.39 is 368 Å². The molecule has 8 saturated heterocycles. The van der Waals surface area contributed by atoms with E-state index in [2.05, 4.69) is 10.6 Å². The van der Waals surface area contributed by atoms with Crippen LogP contribution in [0.25, 0.3) is 0 Å². The lowest BCUT2D eigenvalue weighted by atomic mass is 9.97. The molecule has 0 spiro atoms. The number of hydrogen-bond acceptors (Lipinski definition) is 47. The Labute approximate surface area is 611 Å². The summed E-state index contributed by atoms with van der Waals surface area (Å²) < 4.78 is 89.6. The highest BCUT2D eigenvalue weighted by Gasteiger charge is 2.57. The second kappa shape index (κ2) is 41.1. The summed E-state index contributed by atoms with van der Waals surface area (Å²) in [4.78, 5) is 28.1. The average molecular weight is 1590 g/mol. The first-order valence-electron chi connectivity index (χ1n) is 34.4. The van der Waals surface area contributed by atoms with Crippen molar-refractivity contribution < 1.29 is 228 Å². The number of amides is 2. The van der Waals surface area contributed by atoms with Crippen molar-refractivity contribution >= 4 is 11.8 Å². The minimum absolute atomic E-state index is 0.606. The van der Waals surface area contributed by atoms with Crippen LogP contribution in [0.5, 0.6) is 0 Å². The first-order chi connectivity index (χ1) is 51.2. The van der Waals surface area contributed by atoms with Crippen molar-refractivity contribution in [1.82, 2.24) is 10.6 Å². The van der Waals surface area contributed by atoms with Gasteiger partial charge in [-0.05, 0) is 6.42 Å². The number of nitrogens with two attached hydrogens (primary N) is 1. The summed E-state index contributed by atoms with van der Waals surface area (Å²) in [6.45, 7) is -11.2. The van der Waals surface area contributed by atoms with Crippen molar-refractivity contribution in [2.45, 2.75) is 277 Å². The van der Waals surface area contributed by atoms with Crippen LogP contribution >= 0.6 is 0 Å². The summed E-state index contributed by atoms with van der Waals surface area (Å²) in [6.07, 6.45) is -77.5. The molecule has 8 heterocycles. The molecule has 0 bridgehead atoms. The first kappa shape index (κ1) is 90.7. The standard InChI is InChI=1S/C59H103N3O46/c60-17(51(92)62-16(13-95-54-45(90)37(82)49(24(9-69)103-54)107-58-41(86)33(78)29(74)20(5-65)99-58)14-96-55-46(91)38(83)50(25(10-70)104-55)108-59-42(87)34(79)30(75)21(6-66)100-59)1-2-26(71)61-15(11-93-52-43(88)35(80)47(22(7-67)101-52)105-56-39(84)31(76)27(72)18(3-63)97-56)12-94-53-44(89)36(81)48(23(8-68)102-53)106-57-40(85)32(77)28(73)19(4-64)98-57/h15-25,27-50,52-59,63-70,72-91H,1-14,60H2,(H,61,71)(H,62,92)/t17?,18-,19-,20-,21-,22-,23-,24-,25-,27-,28-,29-,30-,31+,32+,33+,34+,35-,36-,37-,38-,39-,40-,41-,42-,43-,44-,45-,46-,47-,48-,49-,50-,52-,53-,54-,55-,56+,57+,58+,59+/m1/s1. The molecule has 8 fully saturated rings. The van der Waals surface area contributed by atoms with Gasteiger partial charge in [0, 0.05) is 6.42 Å². The second-order valence-corrected chi connectivity index (χ2v) is 27.0. The van der Waals surface area contributed by atoms with Crippen LogP contribution in [0.4, 0.5) is 0 Å². The Kier molecular flexibility index (Phi) is 34.5. The lowest BCUT2D eigenvalue weighted by molar-refractivity contribution is -0.362. The largest absolute Gasteiger partial charge is 0.394 e. The number of ether oxygens (including phenoxy) is 16. The molecule has 630 valence electrons. The van der Waals surface area contributed by atoms with E-state index in [1.54, 1.807) is 0 Å². The molecule has 0 radical (unpaired) electrons. The quantitative estimate of drug-likeness (QED) is 0.0284. The number of rotatable bonds is 34. The minimum atomic E-state index is -2.17.